The lowest BCUT2D eigenvalue weighted by Crippen LogP contribution is -2.21. The van der Waals surface area contributed by atoms with Crippen LogP contribution >= 0.6 is 0 Å². The van der Waals surface area contributed by atoms with Gasteiger partial charge in [-0.1, -0.05) is 39.0 Å². The molecule has 2 rings (SSSR count). The van der Waals surface area contributed by atoms with Crippen molar-refractivity contribution < 1.29 is 0 Å². The van der Waals surface area contributed by atoms with E-state index in [4.69, 9.17) is 5.73 Å². The number of aromatic nitrogens is 1. The molecular weight excluding hydrogens is 208 g/mol. The summed E-state index contributed by atoms with van der Waals surface area (Å²) in [4.78, 5) is 3.55. The molecule has 0 saturated carbocycles. The number of hydrogen-bond donors (Lipinski definition) is 2. The molecule has 1 aromatic carbocycles. The van der Waals surface area contributed by atoms with E-state index in [1.54, 1.807) is 0 Å². The number of para-hydroxylation sites is 1. The lowest BCUT2D eigenvalue weighted by Gasteiger charge is -2.20. The predicted octanol–water partition coefficient (Wildman–Crippen LogP) is 3.36. The highest BCUT2D eigenvalue weighted by molar-refractivity contribution is 5.85. The molecule has 0 spiro atoms. The lowest BCUT2D eigenvalue weighted by molar-refractivity contribution is 0.562. The van der Waals surface area contributed by atoms with Gasteiger partial charge in [-0.3, -0.25) is 0 Å². The summed E-state index contributed by atoms with van der Waals surface area (Å²) in [5.41, 5.74) is 10.0. The Labute approximate surface area is 103 Å². The molecule has 3 N–H and O–H groups in total. The van der Waals surface area contributed by atoms with Crippen LogP contribution in [-0.2, 0) is 11.8 Å². The quantitative estimate of drug-likeness (QED) is 0.816. The molecule has 0 aliphatic carbocycles. The average molecular weight is 230 g/mol. The Morgan fingerprint density at radius 1 is 1.24 bits per heavy atom. The molecule has 17 heavy (non-hydrogen) atoms. The Kier molecular flexibility index (Phi) is 3.00. The molecule has 1 unspecified atom stereocenters. The van der Waals surface area contributed by atoms with E-state index in [0.717, 1.165) is 6.42 Å². The molecule has 2 nitrogen and oxygen atoms in total. The van der Waals surface area contributed by atoms with Gasteiger partial charge in [0, 0.05) is 28.1 Å². The highest BCUT2D eigenvalue weighted by atomic mass is 14.7. The Hall–Kier alpha value is -1.28. The van der Waals surface area contributed by atoms with Crippen molar-refractivity contribution in [1.82, 2.24) is 4.98 Å². The van der Waals surface area contributed by atoms with Crippen LogP contribution in [-0.4, -0.2) is 11.0 Å². The molecule has 0 amide bonds. The number of aromatic amines is 1. The molecule has 0 bridgehead atoms. The molecular formula is C15H22N2. The van der Waals surface area contributed by atoms with Crippen LogP contribution in [0.1, 0.15) is 39.0 Å². The number of benzene rings is 1. The second-order valence-electron chi connectivity index (χ2n) is 5.96. The van der Waals surface area contributed by atoms with E-state index in [0.29, 0.717) is 0 Å². The third-order valence-corrected chi connectivity index (χ3v) is 3.09. The molecule has 92 valence electrons. The van der Waals surface area contributed by atoms with Gasteiger partial charge in [0.1, 0.15) is 0 Å². The molecule has 0 aliphatic heterocycles. The topological polar surface area (TPSA) is 41.8 Å². The fraction of sp³-hybridized carbons (Fsp3) is 0.467. The molecule has 1 heterocycles. The van der Waals surface area contributed by atoms with Crippen molar-refractivity contribution in [3.05, 3.63) is 35.5 Å². The second-order valence-corrected chi connectivity index (χ2v) is 5.96. The summed E-state index contributed by atoms with van der Waals surface area (Å²) in [5.74, 6) is 0. The van der Waals surface area contributed by atoms with Crippen LogP contribution in [0.4, 0.5) is 0 Å². The number of H-pyrrole nitrogens is 1. The van der Waals surface area contributed by atoms with Crippen molar-refractivity contribution in [1.29, 1.82) is 0 Å². The molecule has 0 aliphatic rings. The average Bonchev–Trinajstić information content (AvgIpc) is 2.56. The van der Waals surface area contributed by atoms with Gasteiger partial charge in [-0.25, -0.2) is 0 Å². The van der Waals surface area contributed by atoms with Gasteiger partial charge >= 0.3 is 0 Å². The van der Waals surface area contributed by atoms with Gasteiger partial charge in [0.2, 0.25) is 0 Å². The van der Waals surface area contributed by atoms with Gasteiger partial charge in [-0.05, 0) is 25.0 Å². The maximum Gasteiger partial charge on any atom is 0.0459 e. The summed E-state index contributed by atoms with van der Waals surface area (Å²) in [5, 5.41) is 1.31. The standard InChI is InChI=1S/C15H22N2/c1-10(16)9-12-11-7-5-6-8-13(11)17-14(12)15(2,3)4/h5-8,10,17H,9,16H2,1-4H3. The number of nitrogens with one attached hydrogen (secondary N) is 1. The monoisotopic (exact) mass is 230 g/mol. The first-order chi connectivity index (χ1) is 7.89. The minimum absolute atomic E-state index is 0.128. The Bertz CT molecular complexity index is 515. The smallest absolute Gasteiger partial charge is 0.0459 e. The summed E-state index contributed by atoms with van der Waals surface area (Å²) < 4.78 is 0. The third kappa shape index (κ3) is 2.37. The summed E-state index contributed by atoms with van der Waals surface area (Å²) in [6.45, 7) is 8.78. The number of fused-ring (bicyclic) bond motifs is 1. The van der Waals surface area contributed by atoms with Crippen molar-refractivity contribution >= 4 is 10.9 Å². The van der Waals surface area contributed by atoms with Gasteiger partial charge in [-0.15, -0.1) is 0 Å². The normalized spacial score (nSPS) is 14.2. The zero-order valence-electron chi connectivity index (χ0n) is 11.2. The fourth-order valence-corrected chi connectivity index (χ4v) is 2.37. The van der Waals surface area contributed by atoms with Gasteiger partial charge in [-0.2, -0.15) is 0 Å². The first kappa shape index (κ1) is 12.2. The van der Waals surface area contributed by atoms with Crippen molar-refractivity contribution in [2.24, 2.45) is 5.73 Å². The van der Waals surface area contributed by atoms with Crippen LogP contribution in [0, 0.1) is 0 Å². The number of rotatable bonds is 2. The van der Waals surface area contributed by atoms with Gasteiger partial charge in [0.25, 0.3) is 0 Å². The van der Waals surface area contributed by atoms with Crippen molar-refractivity contribution in [2.75, 3.05) is 0 Å². The van der Waals surface area contributed by atoms with E-state index in [1.807, 2.05) is 0 Å². The molecule has 1 atom stereocenters. The summed E-state index contributed by atoms with van der Waals surface area (Å²) in [6.07, 6.45) is 0.927. The maximum absolute atomic E-state index is 5.97. The largest absolute Gasteiger partial charge is 0.358 e. The van der Waals surface area contributed by atoms with Gasteiger partial charge < -0.3 is 10.7 Å². The molecule has 1 aromatic heterocycles. The SMILES string of the molecule is CC(N)Cc1c(C(C)(C)C)[nH]c2ccccc12. The number of hydrogen-bond acceptors (Lipinski definition) is 1. The zero-order valence-corrected chi connectivity index (χ0v) is 11.2. The fourth-order valence-electron chi connectivity index (χ4n) is 2.37. The van der Waals surface area contributed by atoms with Crippen molar-refractivity contribution in [2.45, 2.75) is 45.6 Å². The molecule has 0 radical (unpaired) electrons. The molecule has 0 saturated heterocycles. The Balaban J connectivity index is 2.65. The third-order valence-electron chi connectivity index (χ3n) is 3.09. The highest BCUT2D eigenvalue weighted by Gasteiger charge is 2.22. The summed E-state index contributed by atoms with van der Waals surface area (Å²) >= 11 is 0. The minimum Gasteiger partial charge on any atom is -0.358 e. The van der Waals surface area contributed by atoms with Crippen LogP contribution < -0.4 is 5.73 Å². The maximum atomic E-state index is 5.97. The van der Waals surface area contributed by atoms with E-state index in [9.17, 15) is 0 Å². The van der Waals surface area contributed by atoms with Crippen molar-refractivity contribution in [3.8, 4) is 0 Å². The Morgan fingerprint density at radius 2 is 1.88 bits per heavy atom. The zero-order chi connectivity index (χ0) is 12.6. The van der Waals surface area contributed by atoms with Crippen LogP contribution in [0.15, 0.2) is 24.3 Å². The first-order valence-electron chi connectivity index (χ1n) is 6.25. The van der Waals surface area contributed by atoms with Crippen LogP contribution in [0.3, 0.4) is 0 Å². The highest BCUT2D eigenvalue weighted by Crippen LogP contribution is 2.31. The predicted molar refractivity (Wildman–Crippen MR) is 74.4 cm³/mol. The Morgan fingerprint density at radius 3 is 2.47 bits per heavy atom. The van der Waals surface area contributed by atoms with Crippen molar-refractivity contribution in [3.63, 3.8) is 0 Å². The summed E-state index contributed by atoms with van der Waals surface area (Å²) in [7, 11) is 0. The molecule has 2 heteroatoms. The second kappa shape index (κ2) is 4.19. The van der Waals surface area contributed by atoms with E-state index >= 15 is 0 Å². The van der Waals surface area contributed by atoms with Crippen LogP contribution in [0.25, 0.3) is 10.9 Å². The van der Waals surface area contributed by atoms with E-state index in [1.165, 1.54) is 22.2 Å². The van der Waals surface area contributed by atoms with E-state index in [-0.39, 0.29) is 11.5 Å². The van der Waals surface area contributed by atoms with Crippen LogP contribution in [0.2, 0.25) is 0 Å². The molecule has 0 fully saturated rings. The number of nitrogens with two attached hydrogens (primary N) is 1. The lowest BCUT2D eigenvalue weighted by atomic mass is 9.87. The van der Waals surface area contributed by atoms with Crippen LogP contribution in [0.5, 0.6) is 0 Å². The van der Waals surface area contributed by atoms with E-state index < -0.39 is 0 Å². The minimum atomic E-state index is 0.128. The van der Waals surface area contributed by atoms with E-state index in [2.05, 4.69) is 56.9 Å². The summed E-state index contributed by atoms with van der Waals surface area (Å²) in [6, 6.07) is 8.66. The first-order valence-corrected chi connectivity index (χ1v) is 6.25. The van der Waals surface area contributed by atoms with Gasteiger partial charge in [0.05, 0.1) is 0 Å². The van der Waals surface area contributed by atoms with Gasteiger partial charge in [0.15, 0.2) is 0 Å². The molecule has 2 aromatic rings.